The first-order valence-electron chi connectivity index (χ1n) is 10.2. The average molecular weight is 535 g/mol. The summed E-state index contributed by atoms with van der Waals surface area (Å²) < 4.78 is 2.16. The Hall–Kier alpha value is -2.40. The van der Waals surface area contributed by atoms with E-state index in [0.717, 1.165) is 50.0 Å². The zero-order valence-electron chi connectivity index (χ0n) is 16.8. The van der Waals surface area contributed by atoms with Crippen molar-refractivity contribution in [2.24, 2.45) is 0 Å². The average Bonchev–Trinajstić information content (AvgIpc) is 3.08. The molecule has 0 unspecified atom stereocenters. The Morgan fingerprint density at radius 2 is 1.19 bits per heavy atom. The molecule has 0 aliphatic heterocycles. The molecule has 0 aromatic heterocycles. The minimum Gasteiger partial charge on any atom is -0.384 e. The predicted octanol–water partition coefficient (Wildman–Crippen LogP) is 7.48. The van der Waals surface area contributed by atoms with E-state index < -0.39 is 6.10 Å². The van der Waals surface area contributed by atoms with Crippen molar-refractivity contribution < 1.29 is 5.11 Å². The highest BCUT2D eigenvalue weighted by atomic mass is 79.9. The van der Waals surface area contributed by atoms with Crippen LogP contribution < -0.4 is 4.90 Å². The van der Waals surface area contributed by atoms with Gasteiger partial charge in [-0.3, -0.25) is 0 Å². The summed E-state index contributed by atoms with van der Waals surface area (Å²) in [6, 6.07) is 31.5. The van der Waals surface area contributed by atoms with Crippen molar-refractivity contribution in [1.82, 2.24) is 0 Å². The third kappa shape index (κ3) is 4.20. The standard InChI is InChI=1S/C27H21Br2NO/c28-20-9-5-18(6-10-20)16-30(17-19-7-11-21(29)12-8-19)22-13-14-24-23-3-1-2-4-25(23)27(31)26(24)15-22/h1-15,27,31H,16-17H2/t27-/m0/s1. The fourth-order valence-corrected chi connectivity index (χ4v) is 4.75. The van der Waals surface area contributed by atoms with Crippen LogP contribution in [0.4, 0.5) is 5.69 Å². The van der Waals surface area contributed by atoms with Gasteiger partial charge in [0.05, 0.1) is 0 Å². The topological polar surface area (TPSA) is 23.5 Å². The predicted molar refractivity (Wildman–Crippen MR) is 134 cm³/mol. The molecule has 4 heteroatoms. The zero-order valence-corrected chi connectivity index (χ0v) is 20.0. The molecule has 1 aliphatic carbocycles. The van der Waals surface area contributed by atoms with Crippen molar-refractivity contribution in [3.05, 3.63) is 122 Å². The van der Waals surface area contributed by atoms with Crippen LogP contribution in [-0.2, 0) is 13.1 Å². The first-order valence-corrected chi connectivity index (χ1v) is 11.8. The Bertz CT molecular complexity index is 1170. The van der Waals surface area contributed by atoms with E-state index in [1.807, 2.05) is 18.2 Å². The number of benzene rings is 4. The van der Waals surface area contributed by atoms with E-state index >= 15 is 0 Å². The van der Waals surface area contributed by atoms with Crippen LogP contribution >= 0.6 is 31.9 Å². The van der Waals surface area contributed by atoms with Crippen LogP contribution in [0.1, 0.15) is 28.4 Å². The highest BCUT2D eigenvalue weighted by Gasteiger charge is 2.27. The lowest BCUT2D eigenvalue weighted by atomic mass is 10.0. The quantitative estimate of drug-likeness (QED) is 0.287. The summed E-state index contributed by atoms with van der Waals surface area (Å²) in [5.74, 6) is 0. The van der Waals surface area contributed by atoms with Gasteiger partial charge >= 0.3 is 0 Å². The lowest BCUT2D eigenvalue weighted by Gasteiger charge is -2.26. The summed E-state index contributed by atoms with van der Waals surface area (Å²) >= 11 is 7.05. The molecule has 1 atom stereocenters. The molecule has 2 nitrogen and oxygen atoms in total. The number of anilines is 1. The maximum absolute atomic E-state index is 11.0. The van der Waals surface area contributed by atoms with E-state index in [2.05, 4.69) is 110 Å². The third-order valence-corrected chi connectivity index (χ3v) is 6.87. The summed E-state index contributed by atoms with van der Waals surface area (Å²) in [6.07, 6.45) is -0.576. The van der Waals surface area contributed by atoms with Crippen LogP contribution in [0.2, 0.25) is 0 Å². The Kier molecular flexibility index (Phi) is 5.70. The van der Waals surface area contributed by atoms with Crippen LogP contribution in [0.3, 0.4) is 0 Å². The van der Waals surface area contributed by atoms with Crippen molar-refractivity contribution in [2.75, 3.05) is 4.90 Å². The molecule has 4 aromatic rings. The highest BCUT2D eigenvalue weighted by Crippen LogP contribution is 2.44. The summed E-state index contributed by atoms with van der Waals surface area (Å²) in [7, 11) is 0. The molecule has 31 heavy (non-hydrogen) atoms. The number of hydrogen-bond donors (Lipinski definition) is 1. The Morgan fingerprint density at radius 3 is 1.81 bits per heavy atom. The molecular weight excluding hydrogens is 514 g/mol. The normalized spacial score (nSPS) is 14.2. The lowest BCUT2D eigenvalue weighted by Crippen LogP contribution is -2.22. The second-order valence-electron chi connectivity index (χ2n) is 7.87. The van der Waals surface area contributed by atoms with Crippen LogP contribution in [0, 0.1) is 0 Å². The number of nitrogens with zero attached hydrogens (tertiary/aromatic N) is 1. The molecule has 0 amide bonds. The van der Waals surface area contributed by atoms with Crippen LogP contribution in [0.15, 0.2) is 99.9 Å². The fourth-order valence-electron chi connectivity index (χ4n) is 4.23. The van der Waals surface area contributed by atoms with E-state index in [9.17, 15) is 5.11 Å². The molecule has 0 fully saturated rings. The van der Waals surface area contributed by atoms with Gasteiger partial charge in [-0.2, -0.15) is 0 Å². The molecule has 0 saturated heterocycles. The van der Waals surface area contributed by atoms with Crippen LogP contribution in [-0.4, -0.2) is 5.11 Å². The number of fused-ring (bicyclic) bond motifs is 3. The molecule has 0 saturated carbocycles. The molecule has 5 rings (SSSR count). The minimum absolute atomic E-state index is 0.576. The fraction of sp³-hybridized carbons (Fsp3) is 0.111. The van der Waals surface area contributed by atoms with Gasteiger partial charge < -0.3 is 10.0 Å². The van der Waals surface area contributed by atoms with E-state index in [-0.39, 0.29) is 0 Å². The van der Waals surface area contributed by atoms with Crippen LogP contribution in [0.5, 0.6) is 0 Å². The Labute approximate surface area is 199 Å². The molecule has 1 N–H and O–H groups in total. The monoisotopic (exact) mass is 533 g/mol. The molecule has 1 aliphatic rings. The highest BCUT2D eigenvalue weighted by molar-refractivity contribution is 9.10. The van der Waals surface area contributed by atoms with Crippen LogP contribution in [0.25, 0.3) is 11.1 Å². The van der Waals surface area contributed by atoms with E-state index in [1.165, 1.54) is 11.1 Å². The second-order valence-corrected chi connectivity index (χ2v) is 9.70. The van der Waals surface area contributed by atoms with E-state index in [0.29, 0.717) is 0 Å². The van der Waals surface area contributed by atoms with Gasteiger partial charge in [0, 0.05) is 27.7 Å². The first kappa shape index (κ1) is 20.5. The van der Waals surface area contributed by atoms with Gasteiger partial charge in [-0.05, 0) is 69.8 Å². The van der Waals surface area contributed by atoms with Gasteiger partial charge in [-0.15, -0.1) is 0 Å². The maximum Gasteiger partial charge on any atom is 0.105 e. The molecule has 0 bridgehead atoms. The minimum atomic E-state index is -0.576. The molecule has 0 heterocycles. The first-order chi connectivity index (χ1) is 15.1. The Balaban J connectivity index is 1.51. The summed E-state index contributed by atoms with van der Waals surface area (Å²) in [6.45, 7) is 1.57. The van der Waals surface area contributed by atoms with Gasteiger partial charge in [-0.1, -0.05) is 86.5 Å². The SMILES string of the molecule is O[C@H]1c2ccccc2-c2ccc(N(Cc3ccc(Br)cc3)Cc3ccc(Br)cc3)cc21. The lowest BCUT2D eigenvalue weighted by molar-refractivity contribution is 0.225. The van der Waals surface area contributed by atoms with Gasteiger partial charge in [0.1, 0.15) is 6.10 Å². The third-order valence-electron chi connectivity index (χ3n) is 5.81. The van der Waals surface area contributed by atoms with Gasteiger partial charge in [-0.25, -0.2) is 0 Å². The molecule has 154 valence electrons. The van der Waals surface area contributed by atoms with Gasteiger partial charge in [0.25, 0.3) is 0 Å². The van der Waals surface area contributed by atoms with Gasteiger partial charge in [0.15, 0.2) is 0 Å². The van der Waals surface area contributed by atoms with Crippen molar-refractivity contribution in [1.29, 1.82) is 0 Å². The number of aliphatic hydroxyl groups is 1. The summed E-state index contributed by atoms with van der Waals surface area (Å²) in [5.41, 5.74) is 7.81. The van der Waals surface area contributed by atoms with Crippen molar-refractivity contribution in [3.8, 4) is 11.1 Å². The summed E-state index contributed by atoms with van der Waals surface area (Å²) in [4.78, 5) is 2.36. The molecule has 4 aromatic carbocycles. The number of hydrogen-bond acceptors (Lipinski definition) is 2. The molecule has 0 radical (unpaired) electrons. The smallest absolute Gasteiger partial charge is 0.105 e. The maximum atomic E-state index is 11.0. The number of aliphatic hydroxyl groups excluding tert-OH is 1. The van der Waals surface area contributed by atoms with E-state index in [4.69, 9.17) is 0 Å². The Morgan fingerprint density at radius 1 is 0.645 bits per heavy atom. The largest absolute Gasteiger partial charge is 0.384 e. The van der Waals surface area contributed by atoms with Crippen molar-refractivity contribution in [3.63, 3.8) is 0 Å². The number of rotatable bonds is 5. The molecule has 0 spiro atoms. The molecular formula is C27H21Br2NO. The van der Waals surface area contributed by atoms with Gasteiger partial charge in [0.2, 0.25) is 0 Å². The van der Waals surface area contributed by atoms with Crippen molar-refractivity contribution in [2.45, 2.75) is 19.2 Å². The van der Waals surface area contributed by atoms with Crippen molar-refractivity contribution >= 4 is 37.5 Å². The summed E-state index contributed by atoms with van der Waals surface area (Å²) in [5, 5.41) is 11.0. The zero-order chi connectivity index (χ0) is 21.4. The number of halogens is 2. The second kappa shape index (κ2) is 8.62. The van der Waals surface area contributed by atoms with E-state index in [1.54, 1.807) is 0 Å².